The van der Waals surface area contributed by atoms with Crippen LogP contribution < -0.4 is 10.1 Å². The number of ether oxygens (including phenoxy) is 2. The van der Waals surface area contributed by atoms with E-state index in [0.29, 0.717) is 25.7 Å². The van der Waals surface area contributed by atoms with Crippen LogP contribution in [0.3, 0.4) is 0 Å². The normalized spacial score (nSPS) is 19.7. The van der Waals surface area contributed by atoms with Gasteiger partial charge in [0.05, 0.1) is 28.3 Å². The van der Waals surface area contributed by atoms with Crippen molar-refractivity contribution in [3.8, 4) is 5.75 Å². The van der Waals surface area contributed by atoms with E-state index in [1.165, 1.54) is 19.1 Å². The van der Waals surface area contributed by atoms with Gasteiger partial charge in [0.1, 0.15) is 11.3 Å². The molecule has 2 aliphatic rings. The molecule has 0 bridgehead atoms. The molecule has 4 rings (SSSR count). The molecular weight excluding hydrogens is 673 g/mol. The Morgan fingerprint density at radius 3 is 2.20 bits per heavy atom. The highest BCUT2D eigenvalue weighted by Crippen LogP contribution is 2.58. The molecule has 6 nitrogen and oxygen atoms in total. The summed E-state index contributed by atoms with van der Waals surface area (Å²) in [5.74, 6) is -0.307. The molecule has 3 amide bonds. The van der Waals surface area contributed by atoms with Crippen LogP contribution in [0.2, 0.25) is 15.1 Å². The Morgan fingerprint density at radius 2 is 1.60 bits per heavy atom. The molecule has 248 valence electrons. The quantitative estimate of drug-likeness (QED) is 0.110. The molecule has 0 aromatic heterocycles. The fraction of sp³-hybridized carbons (Fsp3) is 0.533. The molecule has 0 saturated carbocycles. The van der Waals surface area contributed by atoms with E-state index in [1.807, 2.05) is 0 Å². The number of urea groups is 1. The highest BCUT2D eigenvalue weighted by molar-refractivity contribution is 6.48. The zero-order valence-corrected chi connectivity index (χ0v) is 26.8. The number of hydrogen-bond donors (Lipinski definition) is 1. The van der Waals surface area contributed by atoms with Crippen molar-refractivity contribution >= 4 is 46.7 Å². The van der Waals surface area contributed by atoms with Gasteiger partial charge in [0.2, 0.25) is 0 Å². The maximum atomic E-state index is 14.0. The molecule has 15 heteroatoms. The predicted octanol–water partition coefficient (Wildman–Crippen LogP) is 9.03. The summed E-state index contributed by atoms with van der Waals surface area (Å²) in [6.45, 7) is 4.21. The van der Waals surface area contributed by atoms with Crippen LogP contribution in [-0.2, 0) is 40.1 Å². The second-order valence-electron chi connectivity index (χ2n) is 11.1. The maximum absolute atomic E-state index is 14.0. The molecule has 0 spiro atoms. The monoisotopic (exact) mass is 702 g/mol. The van der Waals surface area contributed by atoms with Crippen LogP contribution in [0.25, 0.3) is 0 Å². The summed E-state index contributed by atoms with van der Waals surface area (Å²) in [5, 5.41) is 2.90. The molecule has 1 saturated heterocycles. The van der Waals surface area contributed by atoms with Crippen LogP contribution in [0.4, 0.5) is 31.1 Å². The number of hydrogen-bond acceptors (Lipinski definition) is 4. The van der Waals surface area contributed by atoms with Crippen molar-refractivity contribution in [1.29, 1.82) is 0 Å². The number of amides is 3. The maximum Gasteiger partial charge on any atom is 0.430 e. The van der Waals surface area contributed by atoms with Gasteiger partial charge in [0, 0.05) is 23.2 Å². The Morgan fingerprint density at radius 1 is 0.956 bits per heavy atom. The number of fused-ring (bicyclic) bond motifs is 1. The Labute approximate surface area is 271 Å². The van der Waals surface area contributed by atoms with Gasteiger partial charge >= 0.3 is 18.4 Å². The number of nitrogens with one attached hydrogen (secondary N) is 1. The van der Waals surface area contributed by atoms with Crippen molar-refractivity contribution in [2.24, 2.45) is 0 Å². The van der Waals surface area contributed by atoms with Gasteiger partial charge in [-0.2, -0.15) is 26.3 Å². The second kappa shape index (κ2) is 13.0. The molecule has 1 N–H and O–H groups in total. The number of alkyl halides is 6. The zero-order valence-electron chi connectivity index (χ0n) is 24.6. The van der Waals surface area contributed by atoms with Crippen LogP contribution in [0.15, 0.2) is 18.2 Å². The molecule has 2 aliphatic heterocycles. The third-order valence-corrected chi connectivity index (χ3v) is 9.37. The fourth-order valence-corrected chi connectivity index (χ4v) is 6.60. The van der Waals surface area contributed by atoms with Crippen molar-refractivity contribution in [3.63, 3.8) is 0 Å². The first-order valence-corrected chi connectivity index (χ1v) is 15.5. The van der Waals surface area contributed by atoms with Crippen LogP contribution in [0.5, 0.6) is 5.75 Å². The highest BCUT2D eigenvalue weighted by atomic mass is 35.5. The molecule has 1 unspecified atom stereocenters. The first-order valence-electron chi connectivity index (χ1n) is 14.3. The van der Waals surface area contributed by atoms with E-state index in [4.69, 9.17) is 39.5 Å². The van der Waals surface area contributed by atoms with E-state index in [-0.39, 0.29) is 69.1 Å². The van der Waals surface area contributed by atoms with Gasteiger partial charge in [-0.25, -0.2) is 4.79 Å². The topological polar surface area (TPSA) is 67.9 Å². The summed E-state index contributed by atoms with van der Waals surface area (Å²) in [5.41, 5.74) is -6.25. The summed E-state index contributed by atoms with van der Waals surface area (Å²) < 4.78 is 94.9. The number of carbonyl (C=O) groups is 2. The summed E-state index contributed by atoms with van der Waals surface area (Å²) in [6, 6.07) is 3.25. The minimum atomic E-state index is -5.73. The van der Waals surface area contributed by atoms with Gasteiger partial charge in [-0.1, -0.05) is 67.6 Å². The van der Waals surface area contributed by atoms with Crippen LogP contribution in [0.1, 0.15) is 74.3 Å². The molecule has 2 aromatic carbocycles. The third kappa shape index (κ3) is 6.07. The van der Waals surface area contributed by atoms with Gasteiger partial charge in [-0.15, -0.1) is 0 Å². The second-order valence-corrected chi connectivity index (χ2v) is 12.3. The molecule has 1 fully saturated rings. The molecule has 1 atom stereocenters. The van der Waals surface area contributed by atoms with Crippen LogP contribution >= 0.6 is 34.8 Å². The van der Waals surface area contributed by atoms with Crippen LogP contribution in [0, 0.1) is 0 Å². The zero-order chi connectivity index (χ0) is 33.5. The number of imide groups is 1. The number of unbranched alkanes of at least 4 members (excludes halogenated alkanes) is 1. The van der Waals surface area contributed by atoms with E-state index in [9.17, 15) is 35.9 Å². The van der Waals surface area contributed by atoms with E-state index < -0.39 is 47.6 Å². The van der Waals surface area contributed by atoms with Gasteiger partial charge < -0.3 is 14.8 Å². The van der Waals surface area contributed by atoms with Crippen molar-refractivity contribution in [2.45, 2.75) is 89.4 Å². The number of halogens is 9. The first kappa shape index (κ1) is 35.4. The smallest absolute Gasteiger partial charge is 0.430 e. The molecule has 0 radical (unpaired) electrons. The van der Waals surface area contributed by atoms with Gasteiger partial charge in [-0.3, -0.25) is 9.69 Å². The molecular formula is C30H31Cl3F6N2O4. The van der Waals surface area contributed by atoms with Crippen molar-refractivity contribution in [1.82, 2.24) is 10.2 Å². The molecule has 45 heavy (non-hydrogen) atoms. The van der Waals surface area contributed by atoms with E-state index >= 15 is 0 Å². The number of carbonyl (C=O) groups excluding carboxylic acids is 2. The summed E-state index contributed by atoms with van der Waals surface area (Å²) in [4.78, 5) is 27.1. The Hall–Kier alpha value is -2.41. The Kier molecular flexibility index (Phi) is 10.2. The lowest BCUT2D eigenvalue weighted by molar-refractivity contribution is -0.385. The lowest BCUT2D eigenvalue weighted by Gasteiger charge is -2.34. The molecule has 2 aromatic rings. The number of nitrogens with zero attached hydrogens (tertiary/aromatic N) is 1. The van der Waals surface area contributed by atoms with Crippen molar-refractivity contribution in [2.75, 3.05) is 13.2 Å². The largest absolute Gasteiger partial charge is 0.493 e. The van der Waals surface area contributed by atoms with Crippen molar-refractivity contribution < 1.29 is 45.4 Å². The summed E-state index contributed by atoms with van der Waals surface area (Å²) in [7, 11) is 0. The number of aryl methyl sites for hydroxylation is 1. The minimum absolute atomic E-state index is 0.0178. The van der Waals surface area contributed by atoms with E-state index in [0.717, 1.165) is 11.0 Å². The predicted molar refractivity (Wildman–Crippen MR) is 157 cm³/mol. The SMILES string of the molecule is CCCc1cc2c(c(CCC)c1OCCCCN1C(=O)NC(C)(c3ccc(Cl)c(Cl)c3Cl)C1=O)COC2(C(F)(F)F)C(F)(F)F. The molecule has 0 aliphatic carbocycles. The van der Waals surface area contributed by atoms with Gasteiger partial charge in [-0.05, 0) is 55.9 Å². The third-order valence-electron chi connectivity index (χ3n) is 8.08. The van der Waals surface area contributed by atoms with E-state index in [1.54, 1.807) is 13.8 Å². The first-order chi connectivity index (χ1) is 21.0. The summed E-state index contributed by atoms with van der Waals surface area (Å²) >= 11 is 18.5. The molecule has 2 heterocycles. The van der Waals surface area contributed by atoms with E-state index in [2.05, 4.69) is 10.1 Å². The summed E-state index contributed by atoms with van der Waals surface area (Å²) in [6.07, 6.45) is -9.58. The van der Waals surface area contributed by atoms with Crippen LogP contribution in [-0.4, -0.2) is 42.3 Å². The minimum Gasteiger partial charge on any atom is -0.493 e. The van der Waals surface area contributed by atoms with Gasteiger partial charge in [0.25, 0.3) is 11.5 Å². The average molecular weight is 704 g/mol. The van der Waals surface area contributed by atoms with Crippen molar-refractivity contribution in [3.05, 3.63) is 61.1 Å². The lowest BCUT2D eigenvalue weighted by Crippen LogP contribution is -2.53. The average Bonchev–Trinajstić information content (AvgIpc) is 3.44. The lowest BCUT2D eigenvalue weighted by atomic mass is 9.84. The number of benzene rings is 2. The number of rotatable bonds is 11. The standard InChI is InChI=1S/C30H31Cl3F6N2O4/c1-4-8-16-14-20-18(15-45-28(20,29(34,35)36)30(37,38)39)17(9-5-2)24(16)44-13-7-6-12-41-25(42)27(3,40-26(41)43)19-10-11-21(31)23(33)22(19)32/h10-11,14H,4-9,12-13,15H2,1-3H3,(H,40,43). The fourth-order valence-electron chi connectivity index (χ4n) is 5.88. The Bertz CT molecular complexity index is 1470. The highest BCUT2D eigenvalue weighted by Gasteiger charge is 2.76. The van der Waals surface area contributed by atoms with Gasteiger partial charge in [0.15, 0.2) is 0 Å². The Balaban J connectivity index is 1.52.